The predicted molar refractivity (Wildman–Crippen MR) is 87.8 cm³/mol. The minimum atomic E-state index is -3.76. The molecule has 0 fully saturated rings. The van der Waals surface area contributed by atoms with E-state index in [4.69, 9.17) is 6.42 Å². The lowest BCUT2D eigenvalue weighted by atomic mass is 10.3. The van der Waals surface area contributed by atoms with Crippen LogP contribution in [0.25, 0.3) is 10.2 Å². The number of benzene rings is 2. The number of terminal acetylenes is 1. The molecule has 0 saturated carbocycles. The highest BCUT2D eigenvalue weighted by atomic mass is 32.2. The van der Waals surface area contributed by atoms with Crippen molar-refractivity contribution in [2.45, 2.75) is 11.4 Å². The van der Waals surface area contributed by atoms with Crippen molar-refractivity contribution in [3.8, 4) is 12.3 Å². The molecule has 0 aliphatic carbocycles. The van der Waals surface area contributed by atoms with Crippen LogP contribution < -0.4 is 4.80 Å². The van der Waals surface area contributed by atoms with Gasteiger partial charge in [0.15, 0.2) is 0 Å². The van der Waals surface area contributed by atoms with Crippen LogP contribution in [-0.2, 0) is 16.6 Å². The zero-order chi connectivity index (χ0) is 15.6. The van der Waals surface area contributed by atoms with Crippen molar-refractivity contribution in [1.29, 1.82) is 0 Å². The average Bonchev–Trinajstić information content (AvgIpc) is 2.86. The van der Waals surface area contributed by atoms with Crippen LogP contribution >= 0.6 is 11.3 Å². The molecule has 0 aliphatic rings. The van der Waals surface area contributed by atoms with Gasteiger partial charge in [0.1, 0.15) is 0 Å². The second-order valence-electron chi connectivity index (χ2n) is 4.52. The number of hydrogen-bond acceptors (Lipinski definition) is 3. The maximum atomic E-state index is 12.4. The van der Waals surface area contributed by atoms with Gasteiger partial charge in [-0.15, -0.1) is 10.8 Å². The van der Waals surface area contributed by atoms with Crippen LogP contribution in [0, 0.1) is 12.3 Å². The van der Waals surface area contributed by atoms with E-state index in [1.807, 2.05) is 24.3 Å². The van der Waals surface area contributed by atoms with Crippen molar-refractivity contribution < 1.29 is 8.42 Å². The summed E-state index contributed by atoms with van der Waals surface area (Å²) in [7, 11) is -3.76. The van der Waals surface area contributed by atoms with Crippen molar-refractivity contribution in [2.24, 2.45) is 4.40 Å². The fourth-order valence-corrected chi connectivity index (χ4v) is 4.34. The molecular formula is C16H12N2O2S2. The Hall–Kier alpha value is -2.36. The van der Waals surface area contributed by atoms with E-state index in [1.54, 1.807) is 22.8 Å². The lowest BCUT2D eigenvalue weighted by molar-refractivity contribution is 0.596. The molecule has 110 valence electrons. The SMILES string of the molecule is C#CCn1c(=NS(=O)(=O)c2ccccc2)sc2ccccc21. The molecule has 3 rings (SSSR count). The van der Waals surface area contributed by atoms with E-state index in [2.05, 4.69) is 10.3 Å². The van der Waals surface area contributed by atoms with E-state index in [-0.39, 0.29) is 11.4 Å². The number of thiazole rings is 1. The summed E-state index contributed by atoms with van der Waals surface area (Å²) in [6.07, 6.45) is 5.40. The Morgan fingerprint density at radius 1 is 1.09 bits per heavy atom. The summed E-state index contributed by atoms with van der Waals surface area (Å²) in [6.45, 7) is 0.271. The molecule has 3 aromatic rings. The standard InChI is InChI=1S/C16H12N2O2S2/c1-2-12-18-14-10-6-7-11-15(14)21-16(18)17-22(19,20)13-8-4-3-5-9-13/h1,3-11H,12H2. The number of fused-ring (bicyclic) bond motifs is 1. The van der Waals surface area contributed by atoms with Gasteiger partial charge in [-0.25, -0.2) is 0 Å². The number of hydrogen-bond donors (Lipinski definition) is 0. The summed E-state index contributed by atoms with van der Waals surface area (Å²) in [5.74, 6) is 2.54. The lowest BCUT2D eigenvalue weighted by Gasteiger charge is -2.00. The number of rotatable bonds is 3. The van der Waals surface area contributed by atoms with Gasteiger partial charge in [0.05, 0.1) is 21.7 Å². The highest BCUT2D eigenvalue weighted by molar-refractivity contribution is 7.90. The van der Waals surface area contributed by atoms with E-state index >= 15 is 0 Å². The van der Waals surface area contributed by atoms with Crippen LogP contribution in [0.3, 0.4) is 0 Å². The molecule has 0 saturated heterocycles. The molecule has 0 spiro atoms. The third kappa shape index (κ3) is 2.69. The van der Waals surface area contributed by atoms with Crippen molar-refractivity contribution in [2.75, 3.05) is 0 Å². The number of aromatic nitrogens is 1. The van der Waals surface area contributed by atoms with Crippen LogP contribution in [0.4, 0.5) is 0 Å². The summed E-state index contributed by atoms with van der Waals surface area (Å²) in [5, 5.41) is 0. The highest BCUT2D eigenvalue weighted by Gasteiger charge is 2.13. The van der Waals surface area contributed by atoms with Gasteiger partial charge in [-0.3, -0.25) is 0 Å². The summed E-state index contributed by atoms with van der Waals surface area (Å²) in [5.41, 5.74) is 0.882. The molecule has 0 N–H and O–H groups in total. The molecule has 0 unspecified atom stereocenters. The molecule has 0 atom stereocenters. The largest absolute Gasteiger partial charge is 0.304 e. The van der Waals surface area contributed by atoms with Gasteiger partial charge < -0.3 is 4.57 Å². The Morgan fingerprint density at radius 3 is 2.50 bits per heavy atom. The van der Waals surface area contributed by atoms with Crippen LogP contribution in [0.2, 0.25) is 0 Å². The normalized spacial score (nSPS) is 12.4. The molecular weight excluding hydrogens is 316 g/mol. The first-order valence-corrected chi connectivity index (χ1v) is 8.75. The fourth-order valence-electron chi connectivity index (χ4n) is 2.08. The quantitative estimate of drug-likeness (QED) is 0.694. The summed E-state index contributed by atoms with van der Waals surface area (Å²) >= 11 is 1.31. The maximum Gasteiger partial charge on any atom is 0.285 e. The Balaban J connectivity index is 2.26. The second-order valence-corrected chi connectivity index (χ2v) is 7.14. The third-order valence-electron chi connectivity index (χ3n) is 3.08. The topological polar surface area (TPSA) is 51.4 Å². The summed E-state index contributed by atoms with van der Waals surface area (Å²) < 4.78 is 31.5. The van der Waals surface area contributed by atoms with Crippen molar-refractivity contribution in [3.63, 3.8) is 0 Å². The van der Waals surface area contributed by atoms with Crippen molar-refractivity contribution in [3.05, 3.63) is 59.4 Å². The molecule has 0 amide bonds. The first-order chi connectivity index (χ1) is 10.6. The number of para-hydroxylation sites is 1. The molecule has 22 heavy (non-hydrogen) atoms. The van der Waals surface area contributed by atoms with Crippen LogP contribution in [0.5, 0.6) is 0 Å². The number of sulfonamides is 1. The van der Waals surface area contributed by atoms with E-state index in [9.17, 15) is 8.42 Å². The van der Waals surface area contributed by atoms with Gasteiger partial charge in [0.2, 0.25) is 4.80 Å². The Labute approximate surface area is 132 Å². The van der Waals surface area contributed by atoms with Crippen LogP contribution in [0.15, 0.2) is 63.9 Å². The average molecular weight is 328 g/mol. The first-order valence-electron chi connectivity index (χ1n) is 6.50. The highest BCUT2D eigenvalue weighted by Crippen LogP contribution is 2.18. The number of nitrogens with zero attached hydrogens (tertiary/aromatic N) is 2. The van der Waals surface area contributed by atoms with Gasteiger partial charge in [0.25, 0.3) is 10.0 Å². The minimum absolute atomic E-state index is 0.166. The second kappa shape index (κ2) is 5.79. The summed E-state index contributed by atoms with van der Waals surface area (Å²) in [4.78, 5) is 0.544. The van der Waals surface area contributed by atoms with Crippen LogP contribution in [-0.4, -0.2) is 13.0 Å². The molecule has 2 aromatic carbocycles. The zero-order valence-electron chi connectivity index (χ0n) is 11.5. The Morgan fingerprint density at radius 2 is 1.77 bits per heavy atom. The monoisotopic (exact) mass is 328 g/mol. The van der Waals surface area contributed by atoms with Crippen LogP contribution in [0.1, 0.15) is 0 Å². The molecule has 1 heterocycles. The molecule has 0 bridgehead atoms. The maximum absolute atomic E-state index is 12.4. The smallest absolute Gasteiger partial charge is 0.285 e. The fraction of sp³-hybridized carbons (Fsp3) is 0.0625. The van der Waals surface area contributed by atoms with Gasteiger partial charge in [0, 0.05) is 0 Å². The van der Waals surface area contributed by atoms with Gasteiger partial charge in [-0.2, -0.15) is 8.42 Å². The molecule has 1 aromatic heterocycles. The molecule has 6 heteroatoms. The third-order valence-corrected chi connectivity index (χ3v) is 5.53. The minimum Gasteiger partial charge on any atom is -0.304 e. The van der Waals surface area contributed by atoms with Gasteiger partial charge >= 0.3 is 0 Å². The van der Waals surface area contributed by atoms with Crippen molar-refractivity contribution in [1.82, 2.24) is 4.57 Å². The van der Waals surface area contributed by atoms with E-state index in [0.717, 1.165) is 10.2 Å². The van der Waals surface area contributed by atoms with Crippen molar-refractivity contribution >= 4 is 31.6 Å². The summed E-state index contributed by atoms with van der Waals surface area (Å²) in [6, 6.07) is 15.8. The Kier molecular flexibility index (Phi) is 3.84. The van der Waals surface area contributed by atoms with E-state index in [1.165, 1.54) is 23.5 Å². The molecule has 0 radical (unpaired) electrons. The molecule has 0 aliphatic heterocycles. The van der Waals surface area contributed by atoms with Gasteiger partial charge in [-0.1, -0.05) is 47.6 Å². The van der Waals surface area contributed by atoms with E-state index < -0.39 is 10.0 Å². The zero-order valence-corrected chi connectivity index (χ0v) is 13.1. The molecule has 4 nitrogen and oxygen atoms in total. The lowest BCUT2D eigenvalue weighted by Crippen LogP contribution is -2.16. The Bertz CT molecular complexity index is 1020. The van der Waals surface area contributed by atoms with E-state index in [0.29, 0.717) is 4.80 Å². The van der Waals surface area contributed by atoms with Gasteiger partial charge in [-0.05, 0) is 24.3 Å². The predicted octanol–water partition coefficient (Wildman–Crippen LogP) is 2.63. The first kappa shape index (κ1) is 14.6.